The van der Waals surface area contributed by atoms with Crippen LogP contribution >= 0.6 is 11.3 Å². The van der Waals surface area contributed by atoms with Crippen molar-refractivity contribution in [1.29, 1.82) is 0 Å². The molecule has 0 unspecified atom stereocenters. The number of nitrogens with zero attached hydrogens (tertiary/aromatic N) is 1. The zero-order valence-corrected chi connectivity index (χ0v) is 12.8. The molecule has 7 heteroatoms. The van der Waals surface area contributed by atoms with E-state index in [0.29, 0.717) is 13.0 Å². The second-order valence-electron chi connectivity index (χ2n) is 4.28. The molecule has 2 rings (SSSR count). The van der Waals surface area contributed by atoms with Gasteiger partial charge in [0, 0.05) is 25.4 Å². The Hall–Kier alpha value is -1.44. The Kier molecular flexibility index (Phi) is 5.11. The van der Waals surface area contributed by atoms with Gasteiger partial charge in [0.2, 0.25) is 10.0 Å². The Bertz CT molecular complexity index is 639. The summed E-state index contributed by atoms with van der Waals surface area (Å²) in [6.45, 7) is 0.363. The van der Waals surface area contributed by atoms with Gasteiger partial charge < -0.3 is 5.32 Å². The van der Waals surface area contributed by atoms with Crippen LogP contribution < -0.4 is 10.0 Å². The molecule has 0 bridgehead atoms. The molecule has 0 spiro atoms. The highest BCUT2D eigenvalue weighted by atomic mass is 32.2. The highest BCUT2D eigenvalue weighted by Crippen LogP contribution is 2.14. The second kappa shape index (κ2) is 6.83. The quantitative estimate of drug-likeness (QED) is 0.818. The van der Waals surface area contributed by atoms with E-state index in [4.69, 9.17) is 0 Å². The molecule has 1 aromatic carbocycles. The van der Waals surface area contributed by atoms with Gasteiger partial charge in [-0.3, -0.25) is 0 Å². The minimum atomic E-state index is -3.29. The lowest BCUT2D eigenvalue weighted by Crippen LogP contribution is -2.27. The highest BCUT2D eigenvalue weighted by Gasteiger charge is 2.11. The van der Waals surface area contributed by atoms with Crippen LogP contribution in [0, 0.1) is 0 Å². The zero-order valence-electron chi connectivity index (χ0n) is 11.2. The molecular weight excluding hydrogens is 294 g/mol. The fraction of sp³-hybridized carbons (Fsp3) is 0.308. The van der Waals surface area contributed by atoms with E-state index >= 15 is 0 Å². The molecule has 0 aliphatic heterocycles. The maximum absolute atomic E-state index is 11.9. The first-order chi connectivity index (χ1) is 9.59. The monoisotopic (exact) mass is 311 g/mol. The van der Waals surface area contributed by atoms with Gasteiger partial charge in [0.15, 0.2) is 5.13 Å². The van der Waals surface area contributed by atoms with Crippen molar-refractivity contribution in [2.45, 2.75) is 12.2 Å². The normalized spacial score (nSPS) is 11.4. The van der Waals surface area contributed by atoms with Crippen molar-refractivity contribution in [2.24, 2.45) is 0 Å². The molecule has 1 heterocycles. The van der Waals surface area contributed by atoms with Gasteiger partial charge in [-0.05, 0) is 5.56 Å². The number of nitrogens with one attached hydrogen (secondary N) is 2. The molecule has 2 N–H and O–H groups in total. The van der Waals surface area contributed by atoms with Crippen LogP contribution in [-0.2, 0) is 22.2 Å². The molecule has 0 aliphatic carbocycles. The van der Waals surface area contributed by atoms with E-state index in [1.807, 2.05) is 30.6 Å². The van der Waals surface area contributed by atoms with E-state index < -0.39 is 10.0 Å². The van der Waals surface area contributed by atoms with Crippen molar-refractivity contribution < 1.29 is 8.42 Å². The summed E-state index contributed by atoms with van der Waals surface area (Å²) >= 11 is 1.51. The van der Waals surface area contributed by atoms with Crippen LogP contribution in [0.4, 0.5) is 5.13 Å². The van der Waals surface area contributed by atoms with E-state index in [0.717, 1.165) is 16.4 Å². The van der Waals surface area contributed by atoms with Crippen LogP contribution in [0.3, 0.4) is 0 Å². The first-order valence-electron chi connectivity index (χ1n) is 6.22. The third kappa shape index (κ3) is 4.59. The van der Waals surface area contributed by atoms with Crippen LogP contribution in [-0.4, -0.2) is 27.0 Å². The van der Waals surface area contributed by atoms with Crippen LogP contribution in [0.1, 0.15) is 11.3 Å². The lowest BCUT2D eigenvalue weighted by atomic mass is 10.2. The van der Waals surface area contributed by atoms with Gasteiger partial charge in [0.1, 0.15) is 0 Å². The summed E-state index contributed by atoms with van der Waals surface area (Å²) in [5, 5.41) is 5.72. The van der Waals surface area contributed by atoms with Gasteiger partial charge in [-0.15, -0.1) is 11.3 Å². The molecule has 0 saturated carbocycles. The molecule has 20 heavy (non-hydrogen) atoms. The standard InChI is InChI=1S/C13H17N3O2S2/c1-14-13-16-12(9-19-13)7-8-15-20(17,18)10-11-5-3-2-4-6-11/h2-6,9,15H,7-8,10H2,1H3,(H,14,16). The van der Waals surface area contributed by atoms with Crippen LogP contribution in [0.5, 0.6) is 0 Å². The minimum absolute atomic E-state index is 0.00662. The summed E-state index contributed by atoms with van der Waals surface area (Å²) in [6, 6.07) is 9.14. The Balaban J connectivity index is 1.83. The summed E-state index contributed by atoms with van der Waals surface area (Å²) in [4.78, 5) is 4.30. The summed E-state index contributed by atoms with van der Waals surface area (Å²) in [6.07, 6.45) is 0.589. The maximum Gasteiger partial charge on any atom is 0.215 e. The minimum Gasteiger partial charge on any atom is -0.365 e. The molecule has 2 aromatic rings. The summed E-state index contributed by atoms with van der Waals surface area (Å²) in [5.74, 6) is 0.00662. The average molecular weight is 311 g/mol. The molecular formula is C13H17N3O2S2. The molecule has 5 nitrogen and oxygen atoms in total. The third-order valence-corrected chi connectivity index (χ3v) is 4.93. The fourth-order valence-corrected chi connectivity index (χ4v) is 3.57. The van der Waals surface area contributed by atoms with Gasteiger partial charge in [-0.2, -0.15) is 0 Å². The van der Waals surface area contributed by atoms with E-state index in [1.54, 1.807) is 12.1 Å². The molecule has 0 fully saturated rings. The van der Waals surface area contributed by atoms with Crippen molar-refractivity contribution in [1.82, 2.24) is 9.71 Å². The summed E-state index contributed by atoms with van der Waals surface area (Å²) in [5.41, 5.74) is 1.67. The Labute approximate surface area is 123 Å². The van der Waals surface area contributed by atoms with Gasteiger partial charge in [0.25, 0.3) is 0 Å². The van der Waals surface area contributed by atoms with Crippen LogP contribution in [0.15, 0.2) is 35.7 Å². The molecule has 0 aliphatic rings. The first kappa shape index (κ1) is 15.0. The topological polar surface area (TPSA) is 71.1 Å². The number of hydrogen-bond donors (Lipinski definition) is 2. The zero-order chi connectivity index (χ0) is 14.4. The fourth-order valence-electron chi connectivity index (χ4n) is 1.72. The van der Waals surface area contributed by atoms with E-state index in [1.165, 1.54) is 11.3 Å². The molecule has 0 atom stereocenters. The van der Waals surface area contributed by atoms with E-state index in [9.17, 15) is 8.42 Å². The van der Waals surface area contributed by atoms with Gasteiger partial charge in [-0.25, -0.2) is 18.1 Å². The second-order valence-corrected chi connectivity index (χ2v) is 6.95. The Morgan fingerprint density at radius 3 is 2.65 bits per heavy atom. The van der Waals surface area contributed by atoms with Crippen molar-refractivity contribution >= 4 is 26.5 Å². The smallest absolute Gasteiger partial charge is 0.215 e. The van der Waals surface area contributed by atoms with Crippen molar-refractivity contribution in [3.63, 3.8) is 0 Å². The maximum atomic E-state index is 11.9. The molecule has 1 aromatic heterocycles. The molecule has 0 radical (unpaired) electrons. The number of benzene rings is 1. The Morgan fingerprint density at radius 2 is 2.00 bits per heavy atom. The number of sulfonamides is 1. The highest BCUT2D eigenvalue weighted by molar-refractivity contribution is 7.88. The van der Waals surface area contributed by atoms with Gasteiger partial charge in [0.05, 0.1) is 11.4 Å². The molecule has 0 amide bonds. The van der Waals surface area contributed by atoms with Crippen LogP contribution in [0.25, 0.3) is 0 Å². The van der Waals surface area contributed by atoms with Crippen molar-refractivity contribution in [3.8, 4) is 0 Å². The summed E-state index contributed by atoms with van der Waals surface area (Å²) in [7, 11) is -1.48. The third-order valence-electron chi connectivity index (χ3n) is 2.67. The van der Waals surface area contributed by atoms with Gasteiger partial charge >= 0.3 is 0 Å². The SMILES string of the molecule is CNc1nc(CCNS(=O)(=O)Cc2ccccc2)cs1. The van der Waals surface area contributed by atoms with E-state index in [-0.39, 0.29) is 5.75 Å². The molecule has 108 valence electrons. The van der Waals surface area contributed by atoms with Crippen molar-refractivity contribution in [2.75, 3.05) is 18.9 Å². The average Bonchev–Trinajstić information content (AvgIpc) is 2.87. The summed E-state index contributed by atoms with van der Waals surface area (Å²) < 4.78 is 26.4. The largest absolute Gasteiger partial charge is 0.365 e. The lowest BCUT2D eigenvalue weighted by molar-refractivity contribution is 0.580. The predicted octanol–water partition coefficient (Wildman–Crippen LogP) is 1.85. The predicted molar refractivity (Wildman–Crippen MR) is 82.4 cm³/mol. The van der Waals surface area contributed by atoms with E-state index in [2.05, 4.69) is 15.0 Å². The Morgan fingerprint density at radius 1 is 1.25 bits per heavy atom. The first-order valence-corrected chi connectivity index (χ1v) is 8.76. The number of rotatable bonds is 7. The lowest BCUT2D eigenvalue weighted by Gasteiger charge is -2.05. The number of hydrogen-bond acceptors (Lipinski definition) is 5. The van der Waals surface area contributed by atoms with Crippen molar-refractivity contribution in [3.05, 3.63) is 47.0 Å². The molecule has 0 saturated heterocycles. The number of anilines is 1. The van der Waals surface area contributed by atoms with Crippen LogP contribution in [0.2, 0.25) is 0 Å². The van der Waals surface area contributed by atoms with Gasteiger partial charge in [-0.1, -0.05) is 30.3 Å². The number of aromatic nitrogens is 1. The number of thiazole rings is 1.